The molecule has 0 fully saturated rings. The van der Waals surface area contributed by atoms with Crippen LogP contribution in [0.5, 0.6) is 0 Å². The summed E-state index contributed by atoms with van der Waals surface area (Å²) in [4.78, 5) is 31.4. The molecule has 0 aliphatic carbocycles. The molecule has 0 saturated heterocycles. The van der Waals surface area contributed by atoms with Gasteiger partial charge in [-0.3, -0.25) is 15.0 Å². The molecule has 15 heavy (non-hydrogen) atoms. The average molecular weight is 216 g/mol. The summed E-state index contributed by atoms with van der Waals surface area (Å²) in [5, 5.41) is 12.3. The van der Waals surface area contributed by atoms with Crippen LogP contribution in [0.2, 0.25) is 0 Å². The molecule has 0 bridgehead atoms. The lowest BCUT2D eigenvalue weighted by molar-refractivity contribution is -0.305. The summed E-state index contributed by atoms with van der Waals surface area (Å²) in [5.74, 6) is 1.95. The van der Waals surface area contributed by atoms with Crippen LogP contribution in [-0.4, -0.2) is 24.3 Å². The minimum atomic E-state index is -1.08. The highest BCUT2D eigenvalue weighted by Gasteiger charge is 2.09. The molecule has 0 aromatic rings. The Morgan fingerprint density at radius 1 is 1.07 bits per heavy atom. The molecule has 0 rings (SSSR count). The van der Waals surface area contributed by atoms with E-state index in [4.69, 9.17) is 5.84 Å². The lowest BCUT2D eigenvalue weighted by atomic mass is 10.2. The van der Waals surface area contributed by atoms with Gasteiger partial charge in [0.25, 0.3) is 0 Å². The first-order valence-electron chi connectivity index (χ1n) is 4.56. The predicted molar refractivity (Wildman–Crippen MR) is 48.8 cm³/mol. The topological polar surface area (TPSA) is 124 Å². The molecule has 0 spiro atoms. The Labute approximate surface area is 87.0 Å². The molecule has 0 aromatic carbocycles. The normalized spacial score (nSPS) is 9.40. The molecule has 4 N–H and O–H groups in total. The fourth-order valence-corrected chi connectivity index (χ4v) is 0.919. The molecular weight excluding hydrogens is 202 g/mol. The largest absolute Gasteiger partial charge is 0.550 e. The van der Waals surface area contributed by atoms with Crippen LogP contribution in [-0.2, 0) is 14.4 Å². The number of rotatable bonds is 6. The number of amides is 2. The van der Waals surface area contributed by atoms with Gasteiger partial charge in [-0.1, -0.05) is 6.42 Å². The molecule has 86 valence electrons. The molecule has 0 atom stereocenters. The number of aliphatic carboxylic acids is 1. The van der Waals surface area contributed by atoms with Crippen LogP contribution < -0.4 is 21.7 Å². The van der Waals surface area contributed by atoms with Crippen LogP contribution >= 0.6 is 0 Å². The second-order valence-electron chi connectivity index (χ2n) is 2.91. The van der Waals surface area contributed by atoms with Gasteiger partial charge in [0, 0.05) is 12.5 Å². The summed E-state index contributed by atoms with van der Waals surface area (Å²) in [7, 11) is 0. The Morgan fingerprint density at radius 3 is 2.27 bits per heavy atom. The Bertz CT molecular complexity index is 242. The van der Waals surface area contributed by atoms with Crippen molar-refractivity contribution in [1.82, 2.24) is 10.7 Å². The minimum Gasteiger partial charge on any atom is -0.550 e. The Hall–Kier alpha value is -1.63. The number of hydrogen-bond donors (Lipinski definition) is 3. The lowest BCUT2D eigenvalue weighted by Gasteiger charge is -2.04. The molecule has 0 unspecified atom stereocenters. The SMILES string of the molecule is NNC(=O)C(=O)NCCCCCC(=O)[O-]. The van der Waals surface area contributed by atoms with Gasteiger partial charge < -0.3 is 15.2 Å². The molecular formula is C8H14N3O4-. The summed E-state index contributed by atoms with van der Waals surface area (Å²) in [6.07, 6.45) is 1.77. The number of carbonyl (C=O) groups excluding carboxylic acids is 3. The molecule has 0 aliphatic rings. The standard InChI is InChI=1S/C8H15N3O4/c9-11-8(15)7(14)10-5-3-1-2-4-6(12)13/h1-5,9H2,(H,10,14)(H,11,15)(H,12,13)/p-1. The Kier molecular flexibility index (Phi) is 6.90. The van der Waals surface area contributed by atoms with Crippen LogP contribution in [0.1, 0.15) is 25.7 Å². The molecule has 2 amide bonds. The van der Waals surface area contributed by atoms with Crippen molar-refractivity contribution in [2.75, 3.05) is 6.54 Å². The third-order valence-electron chi connectivity index (χ3n) is 1.68. The van der Waals surface area contributed by atoms with Gasteiger partial charge >= 0.3 is 11.8 Å². The van der Waals surface area contributed by atoms with E-state index >= 15 is 0 Å². The number of hydrogen-bond acceptors (Lipinski definition) is 5. The summed E-state index contributed by atoms with van der Waals surface area (Å²) in [5.41, 5.74) is 1.69. The van der Waals surface area contributed by atoms with E-state index in [2.05, 4.69) is 5.32 Å². The van der Waals surface area contributed by atoms with Crippen molar-refractivity contribution in [3.05, 3.63) is 0 Å². The average Bonchev–Trinajstić information content (AvgIpc) is 2.21. The Morgan fingerprint density at radius 2 is 1.73 bits per heavy atom. The second kappa shape index (κ2) is 7.74. The van der Waals surface area contributed by atoms with Crippen molar-refractivity contribution in [2.24, 2.45) is 5.84 Å². The van der Waals surface area contributed by atoms with E-state index in [0.29, 0.717) is 25.8 Å². The summed E-state index contributed by atoms with van der Waals surface area (Å²) >= 11 is 0. The van der Waals surface area contributed by atoms with Crippen molar-refractivity contribution >= 4 is 17.8 Å². The highest BCUT2D eigenvalue weighted by Crippen LogP contribution is 1.97. The lowest BCUT2D eigenvalue weighted by Crippen LogP contribution is -2.43. The number of unbranched alkanes of at least 4 members (excludes halogenated alkanes) is 2. The van der Waals surface area contributed by atoms with Crippen LogP contribution in [0.4, 0.5) is 0 Å². The van der Waals surface area contributed by atoms with Crippen molar-refractivity contribution in [3.8, 4) is 0 Å². The van der Waals surface area contributed by atoms with E-state index in [1.54, 1.807) is 5.43 Å². The Balaban J connectivity index is 3.35. The van der Waals surface area contributed by atoms with E-state index in [1.165, 1.54) is 0 Å². The first-order chi connectivity index (χ1) is 7.07. The van der Waals surface area contributed by atoms with Gasteiger partial charge in [-0.25, -0.2) is 5.84 Å². The molecule has 0 aliphatic heterocycles. The quantitative estimate of drug-likeness (QED) is 0.148. The second-order valence-corrected chi connectivity index (χ2v) is 2.91. The van der Waals surface area contributed by atoms with Crippen molar-refractivity contribution in [3.63, 3.8) is 0 Å². The van der Waals surface area contributed by atoms with E-state index in [-0.39, 0.29) is 6.42 Å². The van der Waals surface area contributed by atoms with Gasteiger partial charge in [-0.05, 0) is 19.3 Å². The van der Waals surface area contributed by atoms with Crippen LogP contribution in [0.15, 0.2) is 0 Å². The van der Waals surface area contributed by atoms with Crippen molar-refractivity contribution in [1.29, 1.82) is 0 Å². The number of nitrogens with one attached hydrogen (secondary N) is 2. The summed E-state index contributed by atoms with van der Waals surface area (Å²) < 4.78 is 0. The van der Waals surface area contributed by atoms with Crippen molar-refractivity contribution < 1.29 is 19.5 Å². The zero-order chi connectivity index (χ0) is 11.7. The first-order valence-corrected chi connectivity index (χ1v) is 4.56. The van der Waals surface area contributed by atoms with Crippen molar-refractivity contribution in [2.45, 2.75) is 25.7 Å². The van der Waals surface area contributed by atoms with Crippen LogP contribution in [0.3, 0.4) is 0 Å². The number of hydrazine groups is 1. The predicted octanol–water partition coefficient (Wildman–Crippen LogP) is -2.60. The molecule has 0 saturated carbocycles. The molecule has 7 nitrogen and oxygen atoms in total. The van der Waals surface area contributed by atoms with Gasteiger partial charge in [0.05, 0.1) is 0 Å². The molecule has 7 heteroatoms. The van der Waals surface area contributed by atoms with Gasteiger partial charge in [-0.15, -0.1) is 0 Å². The maximum absolute atomic E-state index is 10.8. The smallest absolute Gasteiger partial charge is 0.323 e. The monoisotopic (exact) mass is 216 g/mol. The third-order valence-corrected chi connectivity index (χ3v) is 1.68. The maximum atomic E-state index is 10.8. The third kappa shape index (κ3) is 7.44. The fourth-order valence-electron chi connectivity index (χ4n) is 0.919. The number of carboxylic acids is 1. The zero-order valence-corrected chi connectivity index (χ0v) is 8.25. The number of carboxylic acid groups (broad SMARTS) is 1. The zero-order valence-electron chi connectivity index (χ0n) is 8.25. The highest BCUT2D eigenvalue weighted by molar-refractivity contribution is 6.34. The first kappa shape index (κ1) is 13.4. The van der Waals surface area contributed by atoms with E-state index in [1.807, 2.05) is 0 Å². The van der Waals surface area contributed by atoms with Crippen LogP contribution in [0.25, 0.3) is 0 Å². The summed E-state index contributed by atoms with van der Waals surface area (Å²) in [6.45, 7) is 0.319. The van der Waals surface area contributed by atoms with E-state index < -0.39 is 17.8 Å². The fraction of sp³-hybridized carbons (Fsp3) is 0.625. The van der Waals surface area contributed by atoms with Gasteiger partial charge in [0.2, 0.25) is 0 Å². The number of nitrogens with two attached hydrogens (primary N) is 1. The van der Waals surface area contributed by atoms with E-state index in [9.17, 15) is 19.5 Å². The maximum Gasteiger partial charge on any atom is 0.323 e. The molecule has 0 radical (unpaired) electrons. The molecule has 0 heterocycles. The number of carbonyl (C=O) groups is 3. The summed E-state index contributed by atoms with van der Waals surface area (Å²) in [6, 6.07) is 0. The minimum absolute atomic E-state index is 0.0111. The van der Waals surface area contributed by atoms with E-state index in [0.717, 1.165) is 0 Å². The molecule has 0 aromatic heterocycles. The van der Waals surface area contributed by atoms with Gasteiger partial charge in [0.1, 0.15) is 0 Å². The van der Waals surface area contributed by atoms with Gasteiger partial charge in [-0.2, -0.15) is 0 Å². The van der Waals surface area contributed by atoms with Gasteiger partial charge in [0.15, 0.2) is 0 Å². The highest BCUT2D eigenvalue weighted by atomic mass is 16.4. The van der Waals surface area contributed by atoms with Crippen LogP contribution in [0, 0.1) is 0 Å².